The molecule has 0 saturated heterocycles. The summed E-state index contributed by atoms with van der Waals surface area (Å²) in [5.41, 5.74) is 0. The summed E-state index contributed by atoms with van der Waals surface area (Å²) in [7, 11) is 4.15. The van der Waals surface area contributed by atoms with Crippen LogP contribution in [0.1, 0.15) is 58.3 Å². The summed E-state index contributed by atoms with van der Waals surface area (Å²) < 4.78 is 0. The van der Waals surface area contributed by atoms with Crippen LogP contribution in [0, 0.1) is 0 Å². The lowest BCUT2D eigenvalue weighted by atomic mass is 10.1. The van der Waals surface area contributed by atoms with Gasteiger partial charge in [0.1, 0.15) is 0 Å². The third kappa shape index (κ3) is 12.3. The fraction of sp³-hybridized carbons (Fsp3) is 1.00. The van der Waals surface area contributed by atoms with Crippen LogP contribution in [0.3, 0.4) is 0 Å². The van der Waals surface area contributed by atoms with Gasteiger partial charge in [-0.2, -0.15) is 0 Å². The van der Waals surface area contributed by atoms with Crippen LogP contribution in [0.5, 0.6) is 0 Å². The van der Waals surface area contributed by atoms with Crippen LogP contribution in [0.4, 0.5) is 0 Å². The highest BCUT2D eigenvalue weighted by atomic mass is 16.3. The maximum absolute atomic E-state index is 9.29. The van der Waals surface area contributed by atoms with Gasteiger partial charge in [-0.25, -0.2) is 0 Å². The molecule has 3 nitrogen and oxygen atoms in total. The smallest absolute Gasteiger partial charge is 0.0584 e. The second-order valence-electron chi connectivity index (χ2n) is 5.55. The first-order valence-electron chi connectivity index (χ1n) is 7.69. The Kier molecular flexibility index (Phi) is 13.2. The number of aliphatic hydroxyl groups excluding tert-OH is 1. The Morgan fingerprint density at radius 3 is 2.17 bits per heavy atom. The van der Waals surface area contributed by atoms with E-state index in [1.807, 2.05) is 0 Å². The van der Waals surface area contributed by atoms with E-state index in [1.54, 1.807) is 0 Å². The van der Waals surface area contributed by atoms with Gasteiger partial charge in [0, 0.05) is 19.1 Å². The van der Waals surface area contributed by atoms with E-state index in [2.05, 4.69) is 31.2 Å². The molecule has 0 aromatic rings. The zero-order valence-electron chi connectivity index (χ0n) is 12.7. The van der Waals surface area contributed by atoms with Gasteiger partial charge < -0.3 is 15.3 Å². The minimum Gasteiger partial charge on any atom is -0.395 e. The molecule has 0 bridgehead atoms. The maximum atomic E-state index is 9.29. The van der Waals surface area contributed by atoms with Crippen molar-refractivity contribution in [1.29, 1.82) is 0 Å². The van der Waals surface area contributed by atoms with Gasteiger partial charge in [0.2, 0.25) is 0 Å². The number of rotatable bonds is 13. The standard InChI is InChI=1S/C15H34N2O/c1-4-5-6-7-8-9-10-11-15(14-18)16-12-13-17(2)3/h15-16,18H,4-14H2,1-3H3. The van der Waals surface area contributed by atoms with Crippen molar-refractivity contribution < 1.29 is 5.11 Å². The van der Waals surface area contributed by atoms with Gasteiger partial charge in [0.25, 0.3) is 0 Å². The van der Waals surface area contributed by atoms with Crippen LogP contribution in [0.2, 0.25) is 0 Å². The van der Waals surface area contributed by atoms with E-state index in [0.717, 1.165) is 19.5 Å². The van der Waals surface area contributed by atoms with Gasteiger partial charge in [0.05, 0.1) is 6.61 Å². The Balaban J connectivity index is 3.33. The molecule has 0 fully saturated rings. The van der Waals surface area contributed by atoms with Crippen LogP contribution in [0.15, 0.2) is 0 Å². The average molecular weight is 258 g/mol. The molecular formula is C15H34N2O. The fourth-order valence-electron chi connectivity index (χ4n) is 2.10. The molecule has 2 N–H and O–H groups in total. The summed E-state index contributed by atoms with van der Waals surface area (Å²) in [5, 5.41) is 12.7. The third-order valence-corrected chi connectivity index (χ3v) is 3.37. The van der Waals surface area contributed by atoms with Crippen molar-refractivity contribution in [1.82, 2.24) is 10.2 Å². The van der Waals surface area contributed by atoms with E-state index in [0.29, 0.717) is 6.04 Å². The average Bonchev–Trinajstić information content (AvgIpc) is 2.35. The largest absolute Gasteiger partial charge is 0.395 e. The molecule has 110 valence electrons. The number of nitrogens with zero attached hydrogens (tertiary/aromatic N) is 1. The molecule has 0 aliphatic heterocycles. The summed E-state index contributed by atoms with van der Waals surface area (Å²) in [6.45, 7) is 4.52. The summed E-state index contributed by atoms with van der Waals surface area (Å²) in [6.07, 6.45) is 10.5. The van der Waals surface area contributed by atoms with Crippen molar-refractivity contribution in [3.63, 3.8) is 0 Å². The van der Waals surface area contributed by atoms with Crippen LogP contribution >= 0.6 is 0 Å². The predicted octanol–water partition coefficient (Wildman–Crippen LogP) is 2.64. The van der Waals surface area contributed by atoms with E-state index < -0.39 is 0 Å². The molecule has 0 amide bonds. The molecule has 0 aromatic carbocycles. The molecule has 0 spiro atoms. The molecule has 0 heterocycles. The van der Waals surface area contributed by atoms with Crippen LogP contribution in [0.25, 0.3) is 0 Å². The normalized spacial score (nSPS) is 13.2. The number of likely N-dealkylation sites (N-methyl/N-ethyl adjacent to an activating group) is 1. The molecule has 1 unspecified atom stereocenters. The quantitative estimate of drug-likeness (QED) is 0.499. The number of hydrogen-bond donors (Lipinski definition) is 2. The molecule has 0 aliphatic carbocycles. The summed E-state index contributed by atoms with van der Waals surface area (Å²) >= 11 is 0. The molecule has 3 heteroatoms. The first-order chi connectivity index (χ1) is 8.70. The molecule has 0 radical (unpaired) electrons. The van der Waals surface area contributed by atoms with Crippen molar-refractivity contribution in [2.24, 2.45) is 0 Å². The first kappa shape index (κ1) is 17.9. The number of nitrogens with one attached hydrogen (secondary N) is 1. The van der Waals surface area contributed by atoms with Gasteiger partial charge in [-0.1, -0.05) is 51.9 Å². The highest BCUT2D eigenvalue weighted by Crippen LogP contribution is 2.09. The van der Waals surface area contributed by atoms with Gasteiger partial charge in [-0.05, 0) is 20.5 Å². The minimum atomic E-state index is 0.267. The van der Waals surface area contributed by atoms with Gasteiger partial charge >= 0.3 is 0 Å². The molecule has 0 aromatic heterocycles. The molecular weight excluding hydrogens is 224 g/mol. The number of unbranched alkanes of at least 4 members (excludes halogenated alkanes) is 6. The SMILES string of the molecule is CCCCCCCCCC(CO)NCCN(C)C. The van der Waals surface area contributed by atoms with Gasteiger partial charge in [0.15, 0.2) is 0 Å². The Hall–Kier alpha value is -0.120. The Bertz CT molecular complexity index is 163. The van der Waals surface area contributed by atoms with Crippen molar-refractivity contribution >= 4 is 0 Å². The summed E-state index contributed by atoms with van der Waals surface area (Å²) in [4.78, 5) is 2.16. The first-order valence-corrected chi connectivity index (χ1v) is 7.69. The molecule has 0 saturated carbocycles. The second kappa shape index (κ2) is 13.3. The Morgan fingerprint density at radius 2 is 1.61 bits per heavy atom. The monoisotopic (exact) mass is 258 g/mol. The fourth-order valence-corrected chi connectivity index (χ4v) is 2.10. The predicted molar refractivity (Wildman–Crippen MR) is 80.0 cm³/mol. The highest BCUT2D eigenvalue weighted by molar-refractivity contribution is 4.66. The second-order valence-corrected chi connectivity index (χ2v) is 5.55. The van der Waals surface area contributed by atoms with E-state index in [9.17, 15) is 5.11 Å². The molecule has 1 atom stereocenters. The minimum absolute atomic E-state index is 0.267. The van der Waals surface area contributed by atoms with Crippen LogP contribution in [-0.4, -0.2) is 49.8 Å². The Morgan fingerprint density at radius 1 is 1.00 bits per heavy atom. The van der Waals surface area contributed by atoms with Crippen molar-refractivity contribution in [3.8, 4) is 0 Å². The number of aliphatic hydroxyl groups is 1. The van der Waals surface area contributed by atoms with E-state index in [4.69, 9.17) is 0 Å². The van der Waals surface area contributed by atoms with E-state index in [1.165, 1.54) is 44.9 Å². The van der Waals surface area contributed by atoms with Crippen molar-refractivity contribution in [2.75, 3.05) is 33.8 Å². The Labute approximate surface area is 114 Å². The molecule has 18 heavy (non-hydrogen) atoms. The topological polar surface area (TPSA) is 35.5 Å². The zero-order valence-corrected chi connectivity index (χ0v) is 12.7. The van der Waals surface area contributed by atoms with Crippen molar-refractivity contribution in [3.05, 3.63) is 0 Å². The van der Waals surface area contributed by atoms with E-state index in [-0.39, 0.29) is 6.61 Å². The number of hydrogen-bond acceptors (Lipinski definition) is 3. The van der Waals surface area contributed by atoms with Crippen LogP contribution < -0.4 is 5.32 Å². The molecule has 0 rings (SSSR count). The third-order valence-electron chi connectivity index (χ3n) is 3.37. The van der Waals surface area contributed by atoms with Gasteiger partial charge in [-0.15, -0.1) is 0 Å². The maximum Gasteiger partial charge on any atom is 0.0584 e. The lowest BCUT2D eigenvalue weighted by molar-refractivity contribution is 0.229. The highest BCUT2D eigenvalue weighted by Gasteiger charge is 2.05. The van der Waals surface area contributed by atoms with Crippen molar-refractivity contribution in [2.45, 2.75) is 64.3 Å². The van der Waals surface area contributed by atoms with E-state index >= 15 is 0 Å². The summed E-state index contributed by atoms with van der Waals surface area (Å²) in [6, 6.07) is 0.292. The van der Waals surface area contributed by atoms with Gasteiger partial charge in [-0.3, -0.25) is 0 Å². The lowest BCUT2D eigenvalue weighted by Gasteiger charge is -2.18. The summed E-state index contributed by atoms with van der Waals surface area (Å²) in [5.74, 6) is 0. The molecule has 0 aliphatic rings. The lowest BCUT2D eigenvalue weighted by Crippen LogP contribution is -2.37. The zero-order chi connectivity index (χ0) is 13.6. The van der Waals surface area contributed by atoms with Crippen LogP contribution in [-0.2, 0) is 0 Å².